The van der Waals surface area contributed by atoms with Crippen molar-refractivity contribution in [2.45, 2.75) is 32.9 Å². The molecule has 5 heteroatoms. The third-order valence-corrected chi connectivity index (χ3v) is 3.99. The van der Waals surface area contributed by atoms with E-state index in [0.29, 0.717) is 13.1 Å². The number of halogens is 1. The molecule has 1 aromatic rings. The van der Waals surface area contributed by atoms with Gasteiger partial charge in [-0.1, -0.05) is 22.0 Å². The molecule has 1 aromatic carbocycles. The van der Waals surface area contributed by atoms with Crippen LogP contribution in [0.15, 0.2) is 22.7 Å². The van der Waals surface area contributed by atoms with Crippen molar-refractivity contribution in [3.8, 4) is 0 Å². The zero-order valence-corrected chi connectivity index (χ0v) is 13.9. The fraction of sp³-hybridized carbons (Fsp3) is 0.533. The van der Waals surface area contributed by atoms with Crippen molar-refractivity contribution in [3.05, 3.63) is 28.2 Å². The predicted molar refractivity (Wildman–Crippen MR) is 86.0 cm³/mol. The number of carbonyl (C=O) groups excluding carboxylic acids is 1. The van der Waals surface area contributed by atoms with Gasteiger partial charge >= 0.3 is 0 Å². The van der Waals surface area contributed by atoms with Gasteiger partial charge in [-0.2, -0.15) is 0 Å². The molecule has 0 unspecified atom stereocenters. The van der Waals surface area contributed by atoms with E-state index in [-0.39, 0.29) is 11.4 Å². The van der Waals surface area contributed by atoms with Gasteiger partial charge in [0.25, 0.3) is 0 Å². The van der Waals surface area contributed by atoms with Crippen LogP contribution in [0, 0.1) is 0 Å². The van der Waals surface area contributed by atoms with Gasteiger partial charge in [-0.3, -0.25) is 4.79 Å². The predicted octanol–water partition coefficient (Wildman–Crippen LogP) is 2.27. The van der Waals surface area contributed by atoms with E-state index in [1.165, 1.54) is 5.56 Å². The molecule has 1 saturated heterocycles. The number of piperazine rings is 1. The first kappa shape index (κ1) is 15.3. The monoisotopic (exact) mass is 339 g/mol. The molecule has 2 N–H and O–H groups in total. The maximum Gasteiger partial charge on any atom is 0.239 e. The largest absolute Gasteiger partial charge is 0.360 e. The number of hydrogen-bond donors (Lipinski definition) is 2. The number of nitrogens with zero attached hydrogens (tertiary/aromatic N) is 1. The highest BCUT2D eigenvalue weighted by Crippen LogP contribution is 2.25. The van der Waals surface area contributed by atoms with Gasteiger partial charge < -0.3 is 15.5 Å². The van der Waals surface area contributed by atoms with Crippen LogP contribution in [0.1, 0.15) is 26.3 Å². The Bertz CT molecular complexity index is 496. The molecule has 0 radical (unpaired) electrons. The van der Waals surface area contributed by atoms with E-state index in [1.54, 1.807) is 0 Å². The second-order valence-corrected chi connectivity index (χ2v) is 7.01. The summed E-state index contributed by atoms with van der Waals surface area (Å²) in [6.45, 7) is 9.29. The summed E-state index contributed by atoms with van der Waals surface area (Å²) in [6.07, 6.45) is 0. The first-order valence-corrected chi connectivity index (χ1v) is 7.69. The van der Waals surface area contributed by atoms with Gasteiger partial charge in [0.05, 0.1) is 6.54 Å². The fourth-order valence-electron chi connectivity index (χ4n) is 2.10. The van der Waals surface area contributed by atoms with Crippen molar-refractivity contribution < 1.29 is 4.79 Å². The lowest BCUT2D eigenvalue weighted by Crippen LogP contribution is -2.47. The molecule has 0 aliphatic carbocycles. The summed E-state index contributed by atoms with van der Waals surface area (Å²) in [7, 11) is 0. The number of hydrogen-bond acceptors (Lipinski definition) is 3. The Hall–Kier alpha value is -1.07. The lowest BCUT2D eigenvalue weighted by Gasteiger charge is -2.29. The first-order chi connectivity index (χ1) is 9.35. The normalized spacial score (nSPS) is 16.2. The Kier molecular flexibility index (Phi) is 4.70. The molecular formula is C15H22BrN3O. The standard InChI is InChI=1S/C15H22BrN3O/c1-15(2,3)18-9-11-4-5-12(8-13(11)16)19-7-6-17-14(20)10-19/h4-5,8,18H,6-7,9-10H2,1-3H3,(H,17,20). The molecular weight excluding hydrogens is 318 g/mol. The summed E-state index contributed by atoms with van der Waals surface area (Å²) >= 11 is 3.63. The maximum atomic E-state index is 11.4. The van der Waals surface area contributed by atoms with Crippen LogP contribution < -0.4 is 15.5 Å². The van der Waals surface area contributed by atoms with E-state index < -0.39 is 0 Å². The molecule has 1 aliphatic rings. The molecule has 1 aliphatic heterocycles. The van der Waals surface area contributed by atoms with E-state index >= 15 is 0 Å². The SMILES string of the molecule is CC(C)(C)NCc1ccc(N2CCNC(=O)C2)cc1Br. The third kappa shape index (κ3) is 4.21. The highest BCUT2D eigenvalue weighted by Gasteiger charge is 2.17. The lowest BCUT2D eigenvalue weighted by atomic mass is 10.1. The molecule has 0 bridgehead atoms. The van der Waals surface area contributed by atoms with Crippen molar-refractivity contribution in [1.82, 2.24) is 10.6 Å². The summed E-state index contributed by atoms with van der Waals surface area (Å²) in [4.78, 5) is 13.5. The number of rotatable bonds is 3. The smallest absolute Gasteiger partial charge is 0.239 e. The second-order valence-electron chi connectivity index (χ2n) is 6.15. The zero-order chi connectivity index (χ0) is 14.8. The van der Waals surface area contributed by atoms with Crippen LogP contribution in [0.3, 0.4) is 0 Å². The Morgan fingerprint density at radius 1 is 1.40 bits per heavy atom. The van der Waals surface area contributed by atoms with E-state index in [4.69, 9.17) is 0 Å². The summed E-state index contributed by atoms with van der Waals surface area (Å²) in [5.74, 6) is 0.0887. The number of amides is 1. The minimum atomic E-state index is 0.0887. The van der Waals surface area contributed by atoms with Crippen molar-refractivity contribution in [3.63, 3.8) is 0 Å². The molecule has 0 saturated carbocycles. The van der Waals surface area contributed by atoms with Crippen molar-refractivity contribution >= 4 is 27.5 Å². The topological polar surface area (TPSA) is 44.4 Å². The van der Waals surface area contributed by atoms with Crippen LogP contribution in [0.25, 0.3) is 0 Å². The summed E-state index contributed by atoms with van der Waals surface area (Å²) in [5.41, 5.74) is 2.42. The first-order valence-electron chi connectivity index (χ1n) is 6.90. The lowest BCUT2D eigenvalue weighted by molar-refractivity contribution is -0.120. The van der Waals surface area contributed by atoms with Gasteiger partial charge in [-0.05, 0) is 38.5 Å². The van der Waals surface area contributed by atoms with E-state index in [2.05, 4.69) is 70.4 Å². The molecule has 1 fully saturated rings. The molecule has 0 atom stereocenters. The summed E-state index contributed by atoms with van der Waals surface area (Å²) in [5, 5.41) is 6.32. The summed E-state index contributed by atoms with van der Waals surface area (Å²) < 4.78 is 1.08. The highest BCUT2D eigenvalue weighted by atomic mass is 79.9. The Morgan fingerprint density at radius 3 is 2.75 bits per heavy atom. The average molecular weight is 340 g/mol. The van der Waals surface area contributed by atoms with Gasteiger partial charge in [-0.25, -0.2) is 0 Å². The molecule has 0 aromatic heterocycles. The van der Waals surface area contributed by atoms with E-state index in [9.17, 15) is 4.79 Å². The maximum absolute atomic E-state index is 11.4. The van der Waals surface area contributed by atoms with E-state index in [1.807, 2.05) is 0 Å². The van der Waals surface area contributed by atoms with Crippen molar-refractivity contribution in [2.75, 3.05) is 24.5 Å². The van der Waals surface area contributed by atoms with Gasteiger partial charge in [0.15, 0.2) is 0 Å². The Labute approximate surface area is 129 Å². The quantitative estimate of drug-likeness (QED) is 0.887. The van der Waals surface area contributed by atoms with Crippen molar-refractivity contribution in [1.29, 1.82) is 0 Å². The fourth-order valence-corrected chi connectivity index (χ4v) is 2.60. The summed E-state index contributed by atoms with van der Waals surface area (Å²) in [6, 6.07) is 6.30. The number of carbonyl (C=O) groups is 1. The molecule has 1 heterocycles. The average Bonchev–Trinajstić information content (AvgIpc) is 2.36. The third-order valence-electron chi connectivity index (χ3n) is 3.25. The Balaban J connectivity index is 2.07. The number of benzene rings is 1. The van der Waals surface area contributed by atoms with E-state index in [0.717, 1.165) is 23.2 Å². The molecule has 1 amide bonds. The van der Waals surface area contributed by atoms with Gasteiger partial charge in [0.1, 0.15) is 0 Å². The minimum Gasteiger partial charge on any atom is -0.360 e. The van der Waals surface area contributed by atoms with Gasteiger partial charge in [0, 0.05) is 35.3 Å². The Morgan fingerprint density at radius 2 is 2.15 bits per heavy atom. The highest BCUT2D eigenvalue weighted by molar-refractivity contribution is 9.10. The number of anilines is 1. The van der Waals surface area contributed by atoms with Crippen LogP contribution in [0.5, 0.6) is 0 Å². The second kappa shape index (κ2) is 6.14. The number of nitrogens with one attached hydrogen (secondary N) is 2. The molecule has 110 valence electrons. The molecule has 20 heavy (non-hydrogen) atoms. The van der Waals surface area contributed by atoms with Crippen LogP contribution >= 0.6 is 15.9 Å². The molecule has 4 nitrogen and oxygen atoms in total. The molecule has 0 spiro atoms. The molecule has 2 rings (SSSR count). The van der Waals surface area contributed by atoms with Crippen molar-refractivity contribution in [2.24, 2.45) is 0 Å². The van der Waals surface area contributed by atoms with Crippen LogP contribution in [0.4, 0.5) is 5.69 Å². The van der Waals surface area contributed by atoms with Crippen LogP contribution in [-0.2, 0) is 11.3 Å². The zero-order valence-electron chi connectivity index (χ0n) is 12.3. The van der Waals surface area contributed by atoms with Gasteiger partial charge in [-0.15, -0.1) is 0 Å². The van der Waals surface area contributed by atoms with Crippen LogP contribution in [-0.4, -0.2) is 31.1 Å². The van der Waals surface area contributed by atoms with Gasteiger partial charge in [0.2, 0.25) is 5.91 Å². The van der Waals surface area contributed by atoms with Crippen LogP contribution in [0.2, 0.25) is 0 Å². The minimum absolute atomic E-state index is 0.0887.